The first kappa shape index (κ1) is 17.7. The number of primary amides is 1. The molecule has 21 heavy (non-hydrogen) atoms. The van der Waals surface area contributed by atoms with Crippen molar-refractivity contribution >= 4 is 5.91 Å². The number of hydrogen-bond acceptors (Lipinski definition) is 2. The fourth-order valence-corrected chi connectivity index (χ4v) is 2.63. The normalized spacial score (nSPS) is 13.9. The second-order valence-corrected chi connectivity index (χ2v) is 5.95. The lowest BCUT2D eigenvalue weighted by Crippen LogP contribution is -2.43. The molecule has 0 aliphatic carbocycles. The van der Waals surface area contributed by atoms with E-state index in [0.29, 0.717) is 0 Å². The van der Waals surface area contributed by atoms with E-state index in [-0.39, 0.29) is 5.92 Å². The third-order valence-corrected chi connectivity index (χ3v) is 4.10. The number of nitrogens with two attached hydrogens (primary N) is 2. The Morgan fingerprint density at radius 3 is 2.14 bits per heavy atom. The minimum atomic E-state index is -0.545. The first-order valence-corrected chi connectivity index (χ1v) is 8.21. The summed E-state index contributed by atoms with van der Waals surface area (Å²) in [6.45, 7) is 4.35. The summed E-state index contributed by atoms with van der Waals surface area (Å²) in [5.41, 5.74) is 14.0. The molecule has 118 valence electrons. The number of benzene rings is 1. The van der Waals surface area contributed by atoms with Crippen LogP contribution in [0.1, 0.15) is 57.1 Å². The van der Waals surface area contributed by atoms with Gasteiger partial charge in [0.05, 0.1) is 6.04 Å². The molecule has 2 atom stereocenters. The first-order valence-electron chi connectivity index (χ1n) is 8.21. The quantitative estimate of drug-likeness (QED) is 0.695. The van der Waals surface area contributed by atoms with Gasteiger partial charge in [-0.15, -0.1) is 0 Å². The Labute approximate surface area is 129 Å². The molecule has 0 saturated carbocycles. The molecule has 3 nitrogen and oxygen atoms in total. The number of hydrogen-bond donors (Lipinski definition) is 2. The third kappa shape index (κ3) is 6.30. The van der Waals surface area contributed by atoms with Crippen LogP contribution < -0.4 is 11.5 Å². The van der Waals surface area contributed by atoms with Crippen molar-refractivity contribution < 1.29 is 4.79 Å². The zero-order chi connectivity index (χ0) is 15.7. The number of aryl methyl sites for hydroxylation is 1. The molecule has 0 spiro atoms. The highest BCUT2D eigenvalue weighted by Gasteiger charge is 2.22. The molecule has 0 saturated heterocycles. The van der Waals surface area contributed by atoms with Gasteiger partial charge in [-0.25, -0.2) is 0 Å². The van der Waals surface area contributed by atoms with Gasteiger partial charge in [0.25, 0.3) is 0 Å². The zero-order valence-electron chi connectivity index (χ0n) is 13.5. The Balaban J connectivity index is 2.66. The number of rotatable bonds is 10. The molecule has 0 bridgehead atoms. The lowest BCUT2D eigenvalue weighted by Gasteiger charge is -2.21. The van der Waals surface area contributed by atoms with Crippen LogP contribution >= 0.6 is 0 Å². The van der Waals surface area contributed by atoms with Gasteiger partial charge in [0.2, 0.25) is 5.91 Å². The molecular weight excluding hydrogens is 260 g/mol. The Morgan fingerprint density at radius 2 is 1.62 bits per heavy atom. The monoisotopic (exact) mass is 290 g/mol. The van der Waals surface area contributed by atoms with Crippen LogP contribution in [0.5, 0.6) is 0 Å². The van der Waals surface area contributed by atoms with Crippen molar-refractivity contribution in [2.75, 3.05) is 0 Å². The Hall–Kier alpha value is -1.35. The van der Waals surface area contributed by atoms with Crippen LogP contribution in [0.3, 0.4) is 0 Å². The fourth-order valence-electron chi connectivity index (χ4n) is 2.63. The molecule has 1 aromatic carbocycles. The van der Waals surface area contributed by atoms with Gasteiger partial charge in [-0.3, -0.25) is 4.79 Å². The van der Waals surface area contributed by atoms with Crippen LogP contribution in [0.4, 0.5) is 0 Å². The average molecular weight is 290 g/mol. The molecule has 0 radical (unpaired) electrons. The van der Waals surface area contributed by atoms with Gasteiger partial charge in [-0.2, -0.15) is 0 Å². The van der Waals surface area contributed by atoms with Crippen LogP contribution in [0.25, 0.3) is 0 Å². The topological polar surface area (TPSA) is 69.1 Å². The van der Waals surface area contributed by atoms with Gasteiger partial charge in [-0.1, -0.05) is 57.4 Å². The van der Waals surface area contributed by atoms with E-state index in [2.05, 4.69) is 38.1 Å². The lowest BCUT2D eigenvalue weighted by molar-refractivity contribution is -0.120. The molecule has 0 aliphatic rings. The molecule has 0 fully saturated rings. The van der Waals surface area contributed by atoms with Gasteiger partial charge in [0.1, 0.15) is 0 Å². The lowest BCUT2D eigenvalue weighted by atomic mass is 9.87. The minimum absolute atomic E-state index is 0.143. The maximum Gasteiger partial charge on any atom is 0.234 e. The Morgan fingerprint density at radius 1 is 1.05 bits per heavy atom. The van der Waals surface area contributed by atoms with Gasteiger partial charge in [-0.05, 0) is 42.7 Å². The standard InChI is InChI=1S/C18H30N2O/c1-3-5-7-14-9-11-15(12-10-14)13-16(8-6-4-2)17(19)18(20)21/h9-12,16-17H,3-8,13,19H2,1-2H3,(H2,20,21)/t16-,17?/m0/s1. The number of unbranched alkanes of at least 4 members (excludes halogenated alkanes) is 2. The van der Waals surface area contributed by atoms with E-state index in [4.69, 9.17) is 11.5 Å². The molecular formula is C18H30N2O. The van der Waals surface area contributed by atoms with E-state index in [1.54, 1.807) is 0 Å². The Kier molecular flexibility index (Phi) is 8.06. The predicted octanol–water partition coefficient (Wildman–Crippen LogP) is 3.19. The van der Waals surface area contributed by atoms with Crippen molar-refractivity contribution in [2.45, 2.75) is 64.8 Å². The molecule has 0 aliphatic heterocycles. The summed E-state index contributed by atoms with van der Waals surface area (Å²) in [6.07, 6.45) is 7.56. The van der Waals surface area contributed by atoms with Gasteiger partial charge < -0.3 is 11.5 Å². The summed E-state index contributed by atoms with van der Waals surface area (Å²) < 4.78 is 0. The van der Waals surface area contributed by atoms with Crippen LogP contribution in [-0.4, -0.2) is 11.9 Å². The van der Waals surface area contributed by atoms with Crippen molar-refractivity contribution in [3.05, 3.63) is 35.4 Å². The minimum Gasteiger partial charge on any atom is -0.368 e. The summed E-state index contributed by atoms with van der Waals surface area (Å²) in [7, 11) is 0. The Bertz CT molecular complexity index is 414. The molecule has 0 heterocycles. The number of amides is 1. The smallest absolute Gasteiger partial charge is 0.234 e. The average Bonchev–Trinajstić information content (AvgIpc) is 2.49. The van der Waals surface area contributed by atoms with Crippen molar-refractivity contribution in [1.29, 1.82) is 0 Å². The summed E-state index contributed by atoms with van der Waals surface area (Å²) in [6, 6.07) is 8.17. The van der Waals surface area contributed by atoms with Crippen molar-refractivity contribution in [3.8, 4) is 0 Å². The number of carbonyl (C=O) groups is 1. The fraction of sp³-hybridized carbons (Fsp3) is 0.611. The molecule has 1 rings (SSSR count). The molecule has 1 unspecified atom stereocenters. The second-order valence-electron chi connectivity index (χ2n) is 5.95. The third-order valence-electron chi connectivity index (χ3n) is 4.10. The van der Waals surface area contributed by atoms with Crippen molar-refractivity contribution in [2.24, 2.45) is 17.4 Å². The largest absolute Gasteiger partial charge is 0.368 e. The van der Waals surface area contributed by atoms with E-state index in [1.807, 2.05) is 0 Å². The highest BCUT2D eigenvalue weighted by atomic mass is 16.1. The highest BCUT2D eigenvalue weighted by molar-refractivity contribution is 5.79. The maximum atomic E-state index is 11.4. The van der Waals surface area contributed by atoms with Gasteiger partial charge in [0.15, 0.2) is 0 Å². The zero-order valence-corrected chi connectivity index (χ0v) is 13.5. The van der Waals surface area contributed by atoms with Crippen molar-refractivity contribution in [3.63, 3.8) is 0 Å². The van der Waals surface area contributed by atoms with Crippen LogP contribution in [0.15, 0.2) is 24.3 Å². The molecule has 1 aromatic rings. The molecule has 3 heteroatoms. The van der Waals surface area contributed by atoms with Crippen LogP contribution in [-0.2, 0) is 17.6 Å². The summed E-state index contributed by atoms with van der Waals surface area (Å²) >= 11 is 0. The van der Waals surface area contributed by atoms with Gasteiger partial charge in [0, 0.05) is 0 Å². The summed E-state index contributed by atoms with van der Waals surface area (Å²) in [5, 5.41) is 0. The van der Waals surface area contributed by atoms with Crippen LogP contribution in [0.2, 0.25) is 0 Å². The van der Waals surface area contributed by atoms with E-state index in [0.717, 1.165) is 32.1 Å². The molecule has 0 aromatic heterocycles. The summed E-state index contributed by atoms with van der Waals surface area (Å²) in [5.74, 6) is -0.250. The van der Waals surface area contributed by atoms with E-state index >= 15 is 0 Å². The predicted molar refractivity (Wildman–Crippen MR) is 88.9 cm³/mol. The van der Waals surface area contributed by atoms with Crippen molar-refractivity contribution in [1.82, 2.24) is 0 Å². The van der Waals surface area contributed by atoms with Crippen LogP contribution in [0, 0.1) is 5.92 Å². The molecule has 1 amide bonds. The molecule has 4 N–H and O–H groups in total. The van der Waals surface area contributed by atoms with E-state index in [9.17, 15) is 4.79 Å². The highest BCUT2D eigenvalue weighted by Crippen LogP contribution is 2.19. The maximum absolute atomic E-state index is 11.4. The van der Waals surface area contributed by atoms with Gasteiger partial charge >= 0.3 is 0 Å². The second kappa shape index (κ2) is 9.56. The SMILES string of the molecule is CCCCc1ccc(C[C@H](CCCC)C(N)C(N)=O)cc1. The van der Waals surface area contributed by atoms with E-state index < -0.39 is 11.9 Å². The summed E-state index contributed by atoms with van der Waals surface area (Å²) in [4.78, 5) is 11.4. The first-order chi connectivity index (χ1) is 10.1. The number of carbonyl (C=O) groups excluding carboxylic acids is 1. The van der Waals surface area contributed by atoms with E-state index in [1.165, 1.54) is 24.0 Å².